The quantitative estimate of drug-likeness (QED) is 0.670. The van der Waals surface area contributed by atoms with Crippen molar-refractivity contribution in [2.24, 2.45) is 0 Å². The molecule has 0 atom stereocenters. The van der Waals surface area contributed by atoms with Gasteiger partial charge in [-0.25, -0.2) is 0 Å². The van der Waals surface area contributed by atoms with Crippen LogP contribution in [0.25, 0.3) is 11.3 Å². The summed E-state index contributed by atoms with van der Waals surface area (Å²) in [6.45, 7) is 1.98. The van der Waals surface area contributed by atoms with Crippen LogP contribution < -0.4 is 5.32 Å². The Morgan fingerprint density at radius 1 is 1.08 bits per heavy atom. The average molecular weight is 349 g/mol. The summed E-state index contributed by atoms with van der Waals surface area (Å²) in [4.78, 5) is 23.9. The number of carbonyl (C=O) groups excluding carboxylic acids is 2. The van der Waals surface area contributed by atoms with E-state index in [2.05, 4.69) is 15.5 Å². The summed E-state index contributed by atoms with van der Waals surface area (Å²) in [5.41, 5.74) is 3.91. The number of ether oxygens (including phenoxy) is 1. The van der Waals surface area contributed by atoms with Crippen molar-refractivity contribution in [3.8, 4) is 11.3 Å². The predicted molar refractivity (Wildman–Crippen MR) is 97.3 cm³/mol. The first-order valence-corrected chi connectivity index (χ1v) is 8.22. The Hall–Kier alpha value is -3.41. The molecule has 132 valence electrons. The van der Waals surface area contributed by atoms with Crippen molar-refractivity contribution >= 4 is 11.9 Å². The third-order valence-corrected chi connectivity index (χ3v) is 3.81. The highest BCUT2D eigenvalue weighted by atomic mass is 16.5. The van der Waals surface area contributed by atoms with E-state index in [4.69, 9.17) is 4.74 Å². The minimum absolute atomic E-state index is 0.178. The third-order valence-electron chi connectivity index (χ3n) is 3.81. The maximum Gasteiger partial charge on any atom is 0.325 e. The maximum atomic E-state index is 12.1. The molecular formula is C20H19N3O3. The molecule has 0 aliphatic carbocycles. The van der Waals surface area contributed by atoms with Crippen molar-refractivity contribution in [1.82, 2.24) is 15.5 Å². The molecule has 2 N–H and O–H groups in total. The Labute approximate surface area is 151 Å². The monoisotopic (exact) mass is 349 g/mol. The van der Waals surface area contributed by atoms with Gasteiger partial charge in [0.2, 0.25) is 0 Å². The molecule has 3 rings (SSSR count). The number of hydrogen-bond acceptors (Lipinski definition) is 4. The van der Waals surface area contributed by atoms with Crippen LogP contribution in [0.5, 0.6) is 0 Å². The Kier molecular flexibility index (Phi) is 5.43. The lowest BCUT2D eigenvalue weighted by atomic mass is 10.1. The zero-order valence-electron chi connectivity index (χ0n) is 14.4. The number of benzene rings is 2. The van der Waals surface area contributed by atoms with Crippen molar-refractivity contribution in [2.75, 3.05) is 6.54 Å². The SMILES string of the molecule is Cc1ccc(-c2cc(C(=O)NCC(=O)OCc3ccccc3)[nH]n2)cc1. The largest absolute Gasteiger partial charge is 0.460 e. The molecule has 3 aromatic rings. The highest BCUT2D eigenvalue weighted by Gasteiger charge is 2.13. The van der Waals surface area contributed by atoms with Gasteiger partial charge in [0.1, 0.15) is 18.8 Å². The molecule has 1 heterocycles. The van der Waals surface area contributed by atoms with Gasteiger partial charge in [0.25, 0.3) is 5.91 Å². The number of carbonyl (C=O) groups is 2. The second-order valence-electron chi connectivity index (χ2n) is 5.86. The molecule has 26 heavy (non-hydrogen) atoms. The number of aromatic nitrogens is 2. The Morgan fingerprint density at radius 2 is 1.81 bits per heavy atom. The number of aryl methyl sites for hydroxylation is 1. The molecule has 0 spiro atoms. The Morgan fingerprint density at radius 3 is 2.54 bits per heavy atom. The fourth-order valence-electron chi connectivity index (χ4n) is 2.35. The van der Waals surface area contributed by atoms with Gasteiger partial charge in [0.15, 0.2) is 0 Å². The first-order chi connectivity index (χ1) is 12.6. The summed E-state index contributed by atoms with van der Waals surface area (Å²) in [5.74, 6) is -0.909. The van der Waals surface area contributed by atoms with Crippen LogP contribution in [0.4, 0.5) is 0 Å². The van der Waals surface area contributed by atoms with E-state index >= 15 is 0 Å². The van der Waals surface area contributed by atoms with Crippen molar-refractivity contribution < 1.29 is 14.3 Å². The van der Waals surface area contributed by atoms with Crippen molar-refractivity contribution in [3.05, 3.63) is 77.5 Å². The number of amides is 1. The van der Waals surface area contributed by atoms with Gasteiger partial charge < -0.3 is 10.1 Å². The second-order valence-corrected chi connectivity index (χ2v) is 5.86. The van der Waals surface area contributed by atoms with Crippen LogP contribution in [0, 0.1) is 6.92 Å². The van der Waals surface area contributed by atoms with Gasteiger partial charge in [-0.2, -0.15) is 5.10 Å². The molecule has 6 heteroatoms. The molecule has 0 bridgehead atoms. The number of rotatable bonds is 6. The van der Waals surface area contributed by atoms with Crippen molar-refractivity contribution in [1.29, 1.82) is 0 Å². The molecule has 0 aliphatic heterocycles. The van der Waals surface area contributed by atoms with E-state index < -0.39 is 11.9 Å². The first kappa shape index (κ1) is 17.4. The minimum atomic E-state index is -0.500. The molecule has 0 saturated heterocycles. The lowest BCUT2D eigenvalue weighted by molar-refractivity contribution is -0.143. The highest BCUT2D eigenvalue weighted by molar-refractivity contribution is 5.95. The Balaban J connectivity index is 1.50. The van der Waals surface area contributed by atoms with Crippen molar-refractivity contribution in [3.63, 3.8) is 0 Å². The third kappa shape index (κ3) is 4.57. The molecule has 1 amide bonds. The van der Waals surface area contributed by atoms with Crippen LogP contribution in [0.3, 0.4) is 0 Å². The van der Waals surface area contributed by atoms with Crippen LogP contribution in [0.15, 0.2) is 60.7 Å². The average Bonchev–Trinajstić information content (AvgIpc) is 3.16. The fourth-order valence-corrected chi connectivity index (χ4v) is 2.35. The van der Waals surface area contributed by atoms with Gasteiger partial charge in [-0.05, 0) is 18.6 Å². The number of nitrogens with one attached hydrogen (secondary N) is 2. The summed E-state index contributed by atoms with van der Waals surface area (Å²) in [6.07, 6.45) is 0. The second kappa shape index (κ2) is 8.11. The molecule has 0 aliphatic rings. The summed E-state index contributed by atoms with van der Waals surface area (Å²) >= 11 is 0. The van der Waals surface area contributed by atoms with Gasteiger partial charge in [0.05, 0.1) is 5.69 Å². The highest BCUT2D eigenvalue weighted by Crippen LogP contribution is 2.18. The van der Waals surface area contributed by atoms with Gasteiger partial charge in [-0.1, -0.05) is 60.2 Å². The van der Waals surface area contributed by atoms with E-state index in [0.717, 1.165) is 16.7 Å². The lowest BCUT2D eigenvalue weighted by Crippen LogP contribution is -2.30. The first-order valence-electron chi connectivity index (χ1n) is 8.22. The van der Waals surface area contributed by atoms with E-state index in [9.17, 15) is 9.59 Å². The van der Waals surface area contributed by atoms with E-state index in [-0.39, 0.29) is 18.8 Å². The molecule has 0 fully saturated rings. The van der Waals surface area contributed by atoms with Crippen LogP contribution in [0.1, 0.15) is 21.6 Å². The topological polar surface area (TPSA) is 84.1 Å². The summed E-state index contributed by atoms with van der Waals surface area (Å²) in [6, 6.07) is 18.8. The van der Waals surface area contributed by atoms with Crippen molar-refractivity contribution in [2.45, 2.75) is 13.5 Å². The normalized spacial score (nSPS) is 10.3. The molecule has 6 nitrogen and oxygen atoms in total. The summed E-state index contributed by atoms with van der Waals surface area (Å²) in [7, 11) is 0. The van der Waals surface area contributed by atoms with Crippen LogP contribution in [-0.2, 0) is 16.1 Å². The van der Waals surface area contributed by atoms with Gasteiger partial charge in [-0.3, -0.25) is 14.7 Å². The van der Waals surface area contributed by atoms with Crippen LogP contribution in [0.2, 0.25) is 0 Å². The van der Waals surface area contributed by atoms with E-state index in [0.29, 0.717) is 5.69 Å². The zero-order chi connectivity index (χ0) is 18.4. The van der Waals surface area contributed by atoms with Gasteiger partial charge >= 0.3 is 5.97 Å². The number of nitrogens with zero attached hydrogens (tertiary/aromatic N) is 1. The number of aromatic amines is 1. The number of hydrogen-bond donors (Lipinski definition) is 2. The predicted octanol–water partition coefficient (Wildman–Crippen LogP) is 2.86. The maximum absolute atomic E-state index is 12.1. The van der Waals surface area contributed by atoms with E-state index in [1.165, 1.54) is 0 Å². The molecule has 0 saturated carbocycles. The summed E-state index contributed by atoms with van der Waals surface area (Å²) in [5, 5.41) is 9.35. The van der Waals surface area contributed by atoms with Crippen LogP contribution in [-0.4, -0.2) is 28.6 Å². The lowest BCUT2D eigenvalue weighted by Gasteiger charge is -2.05. The van der Waals surface area contributed by atoms with E-state index in [1.807, 2.05) is 61.5 Å². The van der Waals surface area contributed by atoms with Crippen LogP contribution >= 0.6 is 0 Å². The standard InChI is InChI=1S/C20H19N3O3/c1-14-7-9-16(10-8-14)17-11-18(23-22-17)20(25)21-12-19(24)26-13-15-5-3-2-4-6-15/h2-11H,12-13H2,1H3,(H,21,25)(H,22,23). The molecule has 1 aromatic heterocycles. The summed E-state index contributed by atoms with van der Waals surface area (Å²) < 4.78 is 5.12. The molecule has 0 unspecified atom stereocenters. The minimum Gasteiger partial charge on any atom is -0.460 e. The molecule has 2 aromatic carbocycles. The number of H-pyrrole nitrogens is 1. The fraction of sp³-hybridized carbons (Fsp3) is 0.150. The molecule has 0 radical (unpaired) electrons. The van der Waals surface area contributed by atoms with Gasteiger partial charge in [0, 0.05) is 5.56 Å². The Bertz CT molecular complexity index is 886. The zero-order valence-corrected chi connectivity index (χ0v) is 14.4. The smallest absolute Gasteiger partial charge is 0.325 e. The number of esters is 1. The van der Waals surface area contributed by atoms with Gasteiger partial charge in [-0.15, -0.1) is 0 Å². The molecular weight excluding hydrogens is 330 g/mol. The van der Waals surface area contributed by atoms with E-state index in [1.54, 1.807) is 6.07 Å².